The van der Waals surface area contributed by atoms with Gasteiger partial charge in [-0.3, -0.25) is 0 Å². The predicted molar refractivity (Wildman–Crippen MR) is 82.2 cm³/mol. The summed E-state index contributed by atoms with van der Waals surface area (Å²) in [5.74, 6) is 1.32. The van der Waals surface area contributed by atoms with Crippen molar-refractivity contribution in [2.24, 2.45) is 0 Å². The number of ether oxygens (including phenoxy) is 2. The summed E-state index contributed by atoms with van der Waals surface area (Å²) < 4.78 is 25.1. The second-order valence-electron chi connectivity index (χ2n) is 4.88. The molecule has 0 fully saturated rings. The van der Waals surface area contributed by atoms with Gasteiger partial charge in [-0.05, 0) is 31.3 Å². The average molecular weight is 352 g/mol. The molecule has 2 aromatic rings. The lowest BCUT2D eigenvalue weighted by Gasteiger charge is -2.10. The molecule has 3 nitrogen and oxygen atoms in total. The maximum Gasteiger partial charge on any atom is 0.127 e. The molecule has 110 valence electrons. The number of fused-ring (bicyclic) bond motifs is 1. The Balaban J connectivity index is 1.72. The van der Waals surface area contributed by atoms with Crippen molar-refractivity contribution >= 4 is 15.9 Å². The monoisotopic (exact) mass is 351 g/mol. The first-order chi connectivity index (χ1) is 10.2. The van der Waals surface area contributed by atoms with Crippen molar-refractivity contribution in [3.8, 4) is 11.5 Å². The van der Waals surface area contributed by atoms with E-state index in [4.69, 9.17) is 9.47 Å². The number of likely N-dealkylation sites (N-methyl/N-ethyl adjacent to an activating group) is 1. The van der Waals surface area contributed by atoms with Gasteiger partial charge in [0.2, 0.25) is 0 Å². The molecule has 1 atom stereocenters. The first-order valence-corrected chi connectivity index (χ1v) is 7.47. The van der Waals surface area contributed by atoms with E-state index in [1.54, 1.807) is 6.07 Å². The molecular formula is C16H15BrFNO2. The summed E-state index contributed by atoms with van der Waals surface area (Å²) in [5, 5.41) is 3.20. The highest BCUT2D eigenvalue weighted by Gasteiger charge is 2.22. The van der Waals surface area contributed by atoms with Crippen molar-refractivity contribution in [2.45, 2.75) is 12.6 Å². The number of halogens is 2. The Morgan fingerprint density at radius 3 is 2.95 bits per heavy atom. The van der Waals surface area contributed by atoms with Crippen LogP contribution in [-0.4, -0.2) is 13.7 Å². The van der Waals surface area contributed by atoms with Crippen molar-refractivity contribution in [3.63, 3.8) is 0 Å². The summed E-state index contributed by atoms with van der Waals surface area (Å²) in [6.45, 7) is 1.01. The first-order valence-electron chi connectivity index (χ1n) is 6.68. The molecule has 0 saturated heterocycles. The normalized spacial score (nSPS) is 16.4. The highest BCUT2D eigenvalue weighted by Crippen LogP contribution is 2.35. The van der Waals surface area contributed by atoms with Crippen LogP contribution in [0, 0.1) is 5.82 Å². The Morgan fingerprint density at radius 2 is 2.19 bits per heavy atom. The van der Waals surface area contributed by atoms with Crippen LogP contribution >= 0.6 is 15.9 Å². The molecule has 1 heterocycles. The minimum absolute atomic E-state index is 0.236. The third-order valence-corrected chi connectivity index (χ3v) is 4.26. The van der Waals surface area contributed by atoms with E-state index in [-0.39, 0.29) is 11.9 Å². The number of benzene rings is 2. The highest BCUT2D eigenvalue weighted by molar-refractivity contribution is 9.10. The predicted octanol–water partition coefficient (Wildman–Crippen LogP) is 3.82. The fraction of sp³-hybridized carbons (Fsp3) is 0.250. The van der Waals surface area contributed by atoms with Crippen molar-refractivity contribution in [2.75, 3.05) is 13.7 Å². The third kappa shape index (κ3) is 3.04. The maximum absolute atomic E-state index is 13.0. The van der Waals surface area contributed by atoms with E-state index in [0.29, 0.717) is 17.7 Å². The van der Waals surface area contributed by atoms with E-state index >= 15 is 0 Å². The maximum atomic E-state index is 13.0. The summed E-state index contributed by atoms with van der Waals surface area (Å²) >= 11 is 3.33. The molecule has 0 amide bonds. The van der Waals surface area contributed by atoms with Gasteiger partial charge in [0.1, 0.15) is 30.5 Å². The summed E-state index contributed by atoms with van der Waals surface area (Å²) in [6, 6.07) is 10.6. The quantitative estimate of drug-likeness (QED) is 0.908. The molecular weight excluding hydrogens is 337 g/mol. The van der Waals surface area contributed by atoms with Gasteiger partial charge in [-0.15, -0.1) is 0 Å². The van der Waals surface area contributed by atoms with E-state index in [1.807, 2.05) is 25.2 Å². The van der Waals surface area contributed by atoms with Gasteiger partial charge in [-0.2, -0.15) is 0 Å². The largest absolute Gasteiger partial charge is 0.491 e. The van der Waals surface area contributed by atoms with Crippen LogP contribution in [0.3, 0.4) is 0 Å². The van der Waals surface area contributed by atoms with E-state index in [2.05, 4.69) is 21.2 Å². The van der Waals surface area contributed by atoms with Crippen LogP contribution in [0.5, 0.6) is 11.5 Å². The molecule has 1 aliphatic rings. The Kier molecular flexibility index (Phi) is 4.12. The molecule has 0 bridgehead atoms. The lowest BCUT2D eigenvalue weighted by Crippen LogP contribution is -2.17. The van der Waals surface area contributed by atoms with Crippen LogP contribution in [0.2, 0.25) is 0 Å². The lowest BCUT2D eigenvalue weighted by molar-refractivity contribution is 0.298. The summed E-state index contributed by atoms with van der Waals surface area (Å²) in [5.41, 5.74) is 2.04. The Labute approximate surface area is 131 Å². The summed E-state index contributed by atoms with van der Waals surface area (Å²) in [7, 11) is 1.92. The van der Waals surface area contributed by atoms with Gasteiger partial charge in [0.25, 0.3) is 0 Å². The van der Waals surface area contributed by atoms with Crippen LogP contribution in [0.25, 0.3) is 0 Å². The van der Waals surface area contributed by atoms with Gasteiger partial charge in [0.05, 0.1) is 6.04 Å². The van der Waals surface area contributed by atoms with Gasteiger partial charge in [-0.25, -0.2) is 4.39 Å². The second-order valence-corrected chi connectivity index (χ2v) is 5.73. The minimum Gasteiger partial charge on any atom is -0.491 e. The SMILES string of the molecule is CNC1COc2cc(OCc3ccc(F)cc3Br)ccc21. The smallest absolute Gasteiger partial charge is 0.127 e. The number of rotatable bonds is 4. The topological polar surface area (TPSA) is 30.5 Å². The van der Waals surface area contributed by atoms with Crippen LogP contribution in [0.4, 0.5) is 4.39 Å². The molecule has 0 radical (unpaired) electrons. The van der Waals surface area contributed by atoms with Crippen molar-refractivity contribution < 1.29 is 13.9 Å². The van der Waals surface area contributed by atoms with Gasteiger partial charge >= 0.3 is 0 Å². The van der Waals surface area contributed by atoms with Gasteiger partial charge in [0, 0.05) is 21.7 Å². The van der Waals surface area contributed by atoms with Crippen LogP contribution in [-0.2, 0) is 6.61 Å². The first kappa shape index (κ1) is 14.4. The minimum atomic E-state index is -0.269. The average Bonchev–Trinajstić information content (AvgIpc) is 2.88. The van der Waals surface area contributed by atoms with Gasteiger partial charge in [0.15, 0.2) is 0 Å². The lowest BCUT2D eigenvalue weighted by atomic mass is 10.1. The molecule has 1 unspecified atom stereocenters. The fourth-order valence-electron chi connectivity index (χ4n) is 2.32. The van der Waals surface area contributed by atoms with Crippen LogP contribution in [0.1, 0.15) is 17.2 Å². The Hall–Kier alpha value is -1.59. The fourth-order valence-corrected chi connectivity index (χ4v) is 2.78. The van der Waals surface area contributed by atoms with Gasteiger partial charge < -0.3 is 14.8 Å². The summed E-state index contributed by atoms with van der Waals surface area (Å²) in [4.78, 5) is 0. The molecule has 3 rings (SSSR count). The zero-order valence-electron chi connectivity index (χ0n) is 11.5. The number of nitrogens with one attached hydrogen (secondary N) is 1. The van der Waals surface area contributed by atoms with Crippen LogP contribution < -0.4 is 14.8 Å². The number of hydrogen-bond acceptors (Lipinski definition) is 3. The Morgan fingerprint density at radius 1 is 1.33 bits per heavy atom. The van der Waals surface area contributed by atoms with E-state index in [1.165, 1.54) is 12.1 Å². The molecule has 21 heavy (non-hydrogen) atoms. The highest BCUT2D eigenvalue weighted by atomic mass is 79.9. The van der Waals surface area contributed by atoms with E-state index < -0.39 is 0 Å². The molecule has 1 aliphatic heterocycles. The van der Waals surface area contributed by atoms with Crippen LogP contribution in [0.15, 0.2) is 40.9 Å². The molecule has 0 saturated carbocycles. The molecule has 0 aliphatic carbocycles. The molecule has 0 aromatic heterocycles. The molecule has 5 heteroatoms. The molecule has 0 spiro atoms. The summed E-state index contributed by atoms with van der Waals surface area (Å²) in [6.07, 6.45) is 0. The van der Waals surface area contributed by atoms with E-state index in [0.717, 1.165) is 22.6 Å². The molecule has 1 N–H and O–H groups in total. The number of hydrogen-bond donors (Lipinski definition) is 1. The standard InChI is InChI=1S/C16H15BrFNO2/c1-19-15-9-21-16-7-12(4-5-13(15)16)20-8-10-2-3-11(18)6-14(10)17/h2-7,15,19H,8-9H2,1H3. The van der Waals surface area contributed by atoms with Crippen molar-refractivity contribution in [3.05, 3.63) is 57.8 Å². The molecule has 2 aromatic carbocycles. The third-order valence-electron chi connectivity index (χ3n) is 3.52. The van der Waals surface area contributed by atoms with Gasteiger partial charge in [-0.1, -0.05) is 22.0 Å². The Bertz CT molecular complexity index is 663. The second kappa shape index (κ2) is 6.03. The zero-order valence-corrected chi connectivity index (χ0v) is 13.1. The van der Waals surface area contributed by atoms with Crippen molar-refractivity contribution in [1.29, 1.82) is 0 Å². The van der Waals surface area contributed by atoms with Crippen molar-refractivity contribution in [1.82, 2.24) is 5.32 Å². The van der Waals surface area contributed by atoms with E-state index in [9.17, 15) is 4.39 Å². The zero-order chi connectivity index (χ0) is 14.8.